The zero-order valence-corrected chi connectivity index (χ0v) is 17.7. The molecule has 2 N–H and O–H groups in total. The highest BCUT2D eigenvalue weighted by Gasteiger charge is 2.36. The van der Waals surface area contributed by atoms with Crippen LogP contribution in [0.3, 0.4) is 0 Å². The van der Waals surface area contributed by atoms with Gasteiger partial charge in [0.2, 0.25) is 5.91 Å². The second kappa shape index (κ2) is 8.34. The number of carbonyl (C=O) groups excluding carboxylic acids is 2. The number of hydrogen-bond donors (Lipinski definition) is 2. The van der Waals surface area contributed by atoms with Gasteiger partial charge in [-0.25, -0.2) is 4.79 Å². The second-order valence-corrected chi connectivity index (χ2v) is 8.24. The summed E-state index contributed by atoms with van der Waals surface area (Å²) in [5.41, 5.74) is 1.36. The Morgan fingerprint density at radius 2 is 2.07 bits per heavy atom. The van der Waals surface area contributed by atoms with Crippen molar-refractivity contribution >= 4 is 38.8 Å². The molecule has 0 saturated carbocycles. The van der Waals surface area contributed by atoms with E-state index in [4.69, 9.17) is 0 Å². The molecule has 1 aliphatic heterocycles. The number of hydrogen-bond acceptors (Lipinski definition) is 4. The van der Waals surface area contributed by atoms with Crippen molar-refractivity contribution in [1.82, 2.24) is 15.2 Å². The fourth-order valence-corrected chi connectivity index (χ4v) is 4.01. The molecular formula is C20H24BrN3O4. The van der Waals surface area contributed by atoms with Crippen LogP contribution >= 0.6 is 15.9 Å². The molecular weight excluding hydrogens is 426 g/mol. The standard InChI is InChI=1S/C20H24BrN3O4/c1-11(2)18(23-20(27)28-3)19(26)24-8-4-5-16(24)15-10-17(25)13-9-12(21)6-7-14(13)22-15/h6-7,9-11,16,18H,4-5,8H2,1-3H3,(H,22,25)(H,23,27)/t16-,18-/m0/s1. The molecule has 1 fully saturated rings. The van der Waals surface area contributed by atoms with Crippen molar-refractivity contribution in [2.24, 2.45) is 5.92 Å². The lowest BCUT2D eigenvalue weighted by Gasteiger charge is -2.30. The zero-order chi connectivity index (χ0) is 20.4. The van der Waals surface area contributed by atoms with Crippen LogP contribution in [0.25, 0.3) is 10.9 Å². The van der Waals surface area contributed by atoms with Gasteiger partial charge in [-0.05, 0) is 37.0 Å². The summed E-state index contributed by atoms with van der Waals surface area (Å²) in [4.78, 5) is 42.5. The van der Waals surface area contributed by atoms with E-state index in [1.807, 2.05) is 26.0 Å². The number of nitrogens with zero attached hydrogens (tertiary/aromatic N) is 1. The molecule has 28 heavy (non-hydrogen) atoms. The fraction of sp³-hybridized carbons (Fsp3) is 0.450. The number of halogens is 1. The van der Waals surface area contributed by atoms with Crippen molar-refractivity contribution in [1.29, 1.82) is 0 Å². The van der Waals surface area contributed by atoms with E-state index in [1.165, 1.54) is 7.11 Å². The van der Waals surface area contributed by atoms with Gasteiger partial charge >= 0.3 is 6.09 Å². The van der Waals surface area contributed by atoms with Crippen LogP contribution in [0.1, 0.15) is 38.4 Å². The van der Waals surface area contributed by atoms with Gasteiger partial charge in [-0.1, -0.05) is 29.8 Å². The third-order valence-corrected chi connectivity index (χ3v) is 5.59. The highest BCUT2D eigenvalue weighted by atomic mass is 79.9. The van der Waals surface area contributed by atoms with Crippen LogP contribution in [0, 0.1) is 5.92 Å². The molecule has 2 heterocycles. The lowest BCUT2D eigenvalue weighted by Crippen LogP contribution is -2.51. The number of ether oxygens (including phenoxy) is 1. The summed E-state index contributed by atoms with van der Waals surface area (Å²) in [6, 6.07) is 6.16. The first-order chi connectivity index (χ1) is 13.3. The number of nitrogens with one attached hydrogen (secondary N) is 2. The molecule has 3 rings (SSSR count). The Labute approximate surface area is 171 Å². The molecule has 0 bridgehead atoms. The Hall–Kier alpha value is -2.35. The minimum Gasteiger partial charge on any atom is -0.453 e. The first-order valence-electron chi connectivity index (χ1n) is 9.29. The van der Waals surface area contributed by atoms with Crippen molar-refractivity contribution in [2.75, 3.05) is 13.7 Å². The monoisotopic (exact) mass is 449 g/mol. The SMILES string of the molecule is COC(=O)N[C@H](C(=O)N1CCC[C@H]1c1cc(=O)c2cc(Br)ccc2[nH]1)C(C)C. The Morgan fingerprint density at radius 3 is 2.75 bits per heavy atom. The van der Waals surface area contributed by atoms with Crippen molar-refractivity contribution in [3.8, 4) is 0 Å². The predicted octanol–water partition coefficient (Wildman–Crippen LogP) is 3.33. The van der Waals surface area contributed by atoms with Gasteiger partial charge in [0.25, 0.3) is 0 Å². The van der Waals surface area contributed by atoms with Gasteiger partial charge < -0.3 is 19.9 Å². The summed E-state index contributed by atoms with van der Waals surface area (Å²) in [5.74, 6) is -0.263. The lowest BCUT2D eigenvalue weighted by atomic mass is 10.0. The number of aromatic amines is 1. The molecule has 0 unspecified atom stereocenters. The molecule has 8 heteroatoms. The van der Waals surface area contributed by atoms with Crippen molar-refractivity contribution in [2.45, 2.75) is 38.8 Å². The molecule has 150 valence electrons. The number of pyridine rings is 1. The number of rotatable bonds is 4. The smallest absolute Gasteiger partial charge is 0.407 e. The number of aromatic nitrogens is 1. The number of carbonyl (C=O) groups is 2. The van der Waals surface area contributed by atoms with Crippen LogP contribution in [-0.2, 0) is 9.53 Å². The van der Waals surface area contributed by atoms with E-state index >= 15 is 0 Å². The van der Waals surface area contributed by atoms with Crippen molar-refractivity contribution in [3.63, 3.8) is 0 Å². The van der Waals surface area contributed by atoms with Crippen LogP contribution in [0.5, 0.6) is 0 Å². The maximum Gasteiger partial charge on any atom is 0.407 e. The number of H-pyrrole nitrogens is 1. The molecule has 1 saturated heterocycles. The lowest BCUT2D eigenvalue weighted by molar-refractivity contribution is -0.135. The van der Waals surface area contributed by atoms with E-state index in [0.717, 1.165) is 22.8 Å². The van der Waals surface area contributed by atoms with E-state index in [2.05, 4.69) is 31.0 Å². The summed E-state index contributed by atoms with van der Waals surface area (Å²) < 4.78 is 5.49. The zero-order valence-electron chi connectivity index (χ0n) is 16.1. The average Bonchev–Trinajstić information content (AvgIpc) is 3.15. The van der Waals surface area contributed by atoms with E-state index in [9.17, 15) is 14.4 Å². The molecule has 0 spiro atoms. The van der Waals surface area contributed by atoms with Crippen LogP contribution in [-0.4, -0.2) is 41.6 Å². The fourth-order valence-electron chi connectivity index (χ4n) is 3.65. The Morgan fingerprint density at radius 1 is 1.32 bits per heavy atom. The van der Waals surface area contributed by atoms with E-state index in [1.54, 1.807) is 17.0 Å². The van der Waals surface area contributed by atoms with Crippen molar-refractivity contribution in [3.05, 3.63) is 44.7 Å². The topological polar surface area (TPSA) is 91.5 Å². The second-order valence-electron chi connectivity index (χ2n) is 7.33. The normalized spacial score (nSPS) is 17.8. The van der Waals surface area contributed by atoms with Crippen LogP contribution < -0.4 is 10.7 Å². The molecule has 2 atom stereocenters. The van der Waals surface area contributed by atoms with E-state index in [0.29, 0.717) is 17.6 Å². The maximum absolute atomic E-state index is 13.2. The van der Waals surface area contributed by atoms with Crippen LogP contribution in [0.15, 0.2) is 33.5 Å². The van der Waals surface area contributed by atoms with Gasteiger partial charge in [0.15, 0.2) is 5.43 Å². The molecule has 7 nitrogen and oxygen atoms in total. The largest absolute Gasteiger partial charge is 0.453 e. The third kappa shape index (κ3) is 4.06. The quantitative estimate of drug-likeness (QED) is 0.748. The van der Waals surface area contributed by atoms with Gasteiger partial charge in [-0.2, -0.15) is 0 Å². The molecule has 0 aliphatic carbocycles. The van der Waals surface area contributed by atoms with Gasteiger partial charge in [-0.15, -0.1) is 0 Å². The molecule has 2 amide bonds. The molecule has 1 aromatic heterocycles. The van der Waals surface area contributed by atoms with E-state index in [-0.39, 0.29) is 23.3 Å². The summed E-state index contributed by atoms with van der Waals surface area (Å²) in [6.45, 7) is 4.33. The first kappa shape index (κ1) is 20.4. The highest BCUT2D eigenvalue weighted by Crippen LogP contribution is 2.32. The molecule has 2 aromatic rings. The summed E-state index contributed by atoms with van der Waals surface area (Å²) in [6.07, 6.45) is 0.958. The molecule has 1 aromatic carbocycles. The maximum atomic E-state index is 13.2. The van der Waals surface area contributed by atoms with Crippen LogP contribution in [0.4, 0.5) is 4.79 Å². The number of fused-ring (bicyclic) bond motifs is 1. The number of likely N-dealkylation sites (tertiary alicyclic amines) is 1. The van der Waals surface area contributed by atoms with E-state index < -0.39 is 12.1 Å². The van der Waals surface area contributed by atoms with Crippen LogP contribution in [0.2, 0.25) is 0 Å². The summed E-state index contributed by atoms with van der Waals surface area (Å²) in [5, 5.41) is 3.23. The highest BCUT2D eigenvalue weighted by molar-refractivity contribution is 9.10. The van der Waals surface area contributed by atoms with Crippen molar-refractivity contribution < 1.29 is 14.3 Å². The number of methoxy groups -OCH3 is 1. The number of amides is 2. The number of benzene rings is 1. The predicted molar refractivity (Wildman–Crippen MR) is 110 cm³/mol. The Bertz CT molecular complexity index is 956. The van der Waals surface area contributed by atoms with Gasteiger partial charge in [0.1, 0.15) is 6.04 Å². The molecule has 0 radical (unpaired) electrons. The Balaban J connectivity index is 1.93. The van der Waals surface area contributed by atoms with Gasteiger partial charge in [-0.3, -0.25) is 9.59 Å². The summed E-state index contributed by atoms with van der Waals surface area (Å²) in [7, 11) is 1.27. The average molecular weight is 450 g/mol. The third-order valence-electron chi connectivity index (χ3n) is 5.10. The Kier molecular flexibility index (Phi) is 6.07. The van der Waals surface area contributed by atoms with Gasteiger partial charge in [0.05, 0.1) is 13.2 Å². The first-order valence-corrected chi connectivity index (χ1v) is 10.1. The van der Waals surface area contributed by atoms with Gasteiger partial charge in [0, 0.05) is 33.7 Å². The molecule has 1 aliphatic rings. The number of alkyl carbamates (subject to hydrolysis) is 1. The summed E-state index contributed by atoms with van der Waals surface area (Å²) >= 11 is 3.38. The minimum absolute atomic E-state index is 0.0857. The minimum atomic E-state index is -0.684.